The Balaban J connectivity index is 1.06. The van der Waals surface area contributed by atoms with Crippen molar-refractivity contribution in [3.8, 4) is 5.75 Å². The highest BCUT2D eigenvalue weighted by Crippen LogP contribution is 2.32. The van der Waals surface area contributed by atoms with E-state index in [4.69, 9.17) is 4.74 Å². The lowest BCUT2D eigenvalue weighted by Gasteiger charge is -2.34. The molecule has 0 saturated carbocycles. The van der Waals surface area contributed by atoms with Gasteiger partial charge in [0.1, 0.15) is 11.2 Å². The topological polar surface area (TPSA) is 94.3 Å². The van der Waals surface area contributed by atoms with Crippen LogP contribution in [0.25, 0.3) is 11.2 Å². The quantitative estimate of drug-likeness (QED) is 0.601. The summed E-state index contributed by atoms with van der Waals surface area (Å²) in [6.07, 6.45) is 5.27. The molecule has 6 heterocycles. The van der Waals surface area contributed by atoms with Crippen molar-refractivity contribution in [2.45, 2.75) is 42.9 Å². The number of hydrogen-bond acceptors (Lipinski definition) is 8. The molecule has 0 spiro atoms. The molecule has 3 aliphatic rings. The summed E-state index contributed by atoms with van der Waals surface area (Å²) in [6.45, 7) is 4.72. The predicted octanol–water partition coefficient (Wildman–Crippen LogP) is 1.25. The van der Waals surface area contributed by atoms with Gasteiger partial charge in [0, 0.05) is 37.5 Å². The lowest BCUT2D eigenvalue weighted by atomic mass is 10.0. The third-order valence-electron chi connectivity index (χ3n) is 6.79. The molecule has 3 aromatic rings. The highest BCUT2D eigenvalue weighted by Gasteiger charge is 2.29. The van der Waals surface area contributed by atoms with Crippen LogP contribution >= 0.6 is 11.8 Å². The van der Waals surface area contributed by atoms with Gasteiger partial charge in [-0.3, -0.25) is 23.7 Å². The normalized spacial score (nSPS) is 20.7. The summed E-state index contributed by atoms with van der Waals surface area (Å²) < 4.78 is 9.09. The molecule has 3 aliphatic heterocycles. The standard InChI is InChI=1S/C23H26N6O3S/c30-21-2-1-18-23-28(22(31)12-26-18)14-17(29(21)23)13-27-5-3-15(4-6-27)24-10-16-9-20-19(11-25-16)32-7-8-33-20/h1-2,9,11-12,15,17,24H,3-8,10,13-14H2. The fourth-order valence-electron chi connectivity index (χ4n) is 5.11. The number of nitrogens with zero attached hydrogens (tertiary/aromatic N) is 5. The van der Waals surface area contributed by atoms with Crippen molar-refractivity contribution in [2.75, 3.05) is 32.0 Å². The van der Waals surface area contributed by atoms with E-state index in [1.54, 1.807) is 21.3 Å². The summed E-state index contributed by atoms with van der Waals surface area (Å²) in [5.41, 5.74) is 2.18. The molecule has 10 heteroatoms. The van der Waals surface area contributed by atoms with Crippen LogP contribution in [0.3, 0.4) is 0 Å². The van der Waals surface area contributed by atoms with E-state index in [0.717, 1.165) is 62.8 Å². The van der Waals surface area contributed by atoms with Crippen LogP contribution in [-0.4, -0.2) is 62.0 Å². The van der Waals surface area contributed by atoms with E-state index in [9.17, 15) is 9.59 Å². The summed E-state index contributed by atoms with van der Waals surface area (Å²) in [5, 5.41) is 3.66. The maximum atomic E-state index is 12.6. The van der Waals surface area contributed by atoms with Crippen LogP contribution in [0.1, 0.15) is 24.6 Å². The minimum absolute atomic E-state index is 0.0398. The monoisotopic (exact) mass is 466 g/mol. The average molecular weight is 467 g/mol. The number of thioether (sulfide) groups is 1. The van der Waals surface area contributed by atoms with Crippen molar-refractivity contribution in [2.24, 2.45) is 0 Å². The lowest BCUT2D eigenvalue weighted by molar-refractivity contribution is 0.171. The SMILES string of the molecule is O=c1cnc2ccc(=O)n3c2n1CC3CN1CCC(NCc2cc3c(cn2)OCCS3)CC1. The maximum absolute atomic E-state index is 12.6. The number of fused-ring (bicyclic) bond motifs is 1. The Hall–Kier alpha value is -2.69. The Morgan fingerprint density at radius 2 is 2.00 bits per heavy atom. The molecule has 0 radical (unpaired) electrons. The van der Waals surface area contributed by atoms with Crippen molar-refractivity contribution >= 4 is 22.9 Å². The molecular formula is C23H26N6O3S. The summed E-state index contributed by atoms with van der Waals surface area (Å²) in [6, 6.07) is 5.79. The first kappa shape index (κ1) is 20.9. The lowest BCUT2D eigenvalue weighted by Crippen LogP contribution is -2.44. The van der Waals surface area contributed by atoms with Gasteiger partial charge in [-0.2, -0.15) is 0 Å². The Labute approximate surface area is 194 Å². The second-order valence-corrected chi connectivity index (χ2v) is 10.0. The minimum Gasteiger partial charge on any atom is -0.490 e. The van der Waals surface area contributed by atoms with Crippen LogP contribution in [0.15, 0.2) is 45.1 Å². The Morgan fingerprint density at radius 1 is 1.12 bits per heavy atom. The molecule has 3 aromatic heterocycles. The van der Waals surface area contributed by atoms with E-state index < -0.39 is 0 Å². The highest BCUT2D eigenvalue weighted by atomic mass is 32.2. The van der Waals surface area contributed by atoms with E-state index >= 15 is 0 Å². The summed E-state index contributed by atoms with van der Waals surface area (Å²) in [5.74, 6) is 1.88. The molecule has 9 nitrogen and oxygen atoms in total. The van der Waals surface area contributed by atoms with Gasteiger partial charge in [0.15, 0.2) is 5.75 Å². The second-order valence-electron chi connectivity index (χ2n) is 8.89. The highest BCUT2D eigenvalue weighted by molar-refractivity contribution is 7.99. The van der Waals surface area contributed by atoms with Gasteiger partial charge in [-0.05, 0) is 38.1 Å². The Bertz CT molecular complexity index is 1310. The number of aromatic nitrogens is 4. The molecule has 0 aromatic carbocycles. The molecule has 1 fully saturated rings. The maximum Gasteiger partial charge on any atom is 0.270 e. The number of likely N-dealkylation sites (tertiary alicyclic amines) is 1. The van der Waals surface area contributed by atoms with Gasteiger partial charge in [0.05, 0.1) is 35.6 Å². The number of hydrogen-bond donors (Lipinski definition) is 1. The molecule has 1 unspecified atom stereocenters. The third kappa shape index (κ3) is 3.96. The third-order valence-corrected chi connectivity index (χ3v) is 7.79. The van der Waals surface area contributed by atoms with Crippen LogP contribution in [0, 0.1) is 0 Å². The largest absolute Gasteiger partial charge is 0.490 e. The van der Waals surface area contributed by atoms with Crippen LogP contribution in [0.4, 0.5) is 0 Å². The van der Waals surface area contributed by atoms with Gasteiger partial charge in [-0.25, -0.2) is 4.98 Å². The van der Waals surface area contributed by atoms with Crippen LogP contribution in [0.5, 0.6) is 5.75 Å². The molecule has 1 saturated heterocycles. The van der Waals surface area contributed by atoms with Crippen molar-refractivity contribution in [1.29, 1.82) is 0 Å². The first-order chi connectivity index (χ1) is 16.2. The van der Waals surface area contributed by atoms with Gasteiger partial charge in [0.25, 0.3) is 11.1 Å². The van der Waals surface area contributed by atoms with E-state index in [2.05, 4.69) is 26.3 Å². The van der Waals surface area contributed by atoms with E-state index in [0.29, 0.717) is 23.8 Å². The zero-order valence-corrected chi connectivity index (χ0v) is 19.1. The zero-order chi connectivity index (χ0) is 22.4. The summed E-state index contributed by atoms with van der Waals surface area (Å²) >= 11 is 1.83. The number of ether oxygens (including phenoxy) is 1. The first-order valence-corrected chi connectivity index (χ1v) is 12.5. The van der Waals surface area contributed by atoms with Crippen molar-refractivity contribution in [3.63, 3.8) is 0 Å². The van der Waals surface area contributed by atoms with Crippen LogP contribution < -0.4 is 21.2 Å². The predicted molar refractivity (Wildman–Crippen MR) is 126 cm³/mol. The van der Waals surface area contributed by atoms with Gasteiger partial charge in [-0.15, -0.1) is 11.8 Å². The summed E-state index contributed by atoms with van der Waals surface area (Å²) in [4.78, 5) is 37.2. The van der Waals surface area contributed by atoms with Gasteiger partial charge in [0.2, 0.25) is 0 Å². The van der Waals surface area contributed by atoms with E-state index in [-0.39, 0.29) is 17.2 Å². The number of rotatable bonds is 5. The number of nitrogens with one attached hydrogen (secondary N) is 1. The molecule has 33 heavy (non-hydrogen) atoms. The van der Waals surface area contributed by atoms with Crippen molar-refractivity contribution < 1.29 is 4.74 Å². The minimum atomic E-state index is -0.145. The van der Waals surface area contributed by atoms with Crippen LogP contribution in [-0.2, 0) is 13.1 Å². The van der Waals surface area contributed by atoms with Crippen molar-refractivity contribution in [3.05, 3.63) is 57.0 Å². The second kappa shape index (κ2) is 8.58. The van der Waals surface area contributed by atoms with Gasteiger partial charge >= 0.3 is 0 Å². The van der Waals surface area contributed by atoms with Gasteiger partial charge in [-0.1, -0.05) is 0 Å². The molecule has 0 amide bonds. The van der Waals surface area contributed by atoms with Crippen LogP contribution in [0.2, 0.25) is 0 Å². The fraction of sp³-hybridized carbons (Fsp3) is 0.478. The summed E-state index contributed by atoms with van der Waals surface area (Å²) in [7, 11) is 0. The Kier molecular flexibility index (Phi) is 5.43. The van der Waals surface area contributed by atoms with E-state index in [1.807, 2.05) is 18.0 Å². The first-order valence-electron chi connectivity index (χ1n) is 11.5. The molecule has 6 rings (SSSR count). The molecule has 1 N–H and O–H groups in total. The molecule has 0 aliphatic carbocycles. The average Bonchev–Trinajstić information content (AvgIpc) is 3.23. The molecule has 0 bridgehead atoms. The molecular weight excluding hydrogens is 440 g/mol. The smallest absolute Gasteiger partial charge is 0.270 e. The van der Waals surface area contributed by atoms with E-state index in [1.165, 1.54) is 11.1 Å². The van der Waals surface area contributed by atoms with Crippen molar-refractivity contribution in [1.82, 2.24) is 29.3 Å². The number of pyridine rings is 2. The zero-order valence-electron chi connectivity index (χ0n) is 18.3. The fourth-order valence-corrected chi connectivity index (χ4v) is 5.97. The molecule has 1 atom stereocenters. The Morgan fingerprint density at radius 3 is 2.88 bits per heavy atom. The molecule has 172 valence electrons. The number of piperidine rings is 1. The van der Waals surface area contributed by atoms with Gasteiger partial charge < -0.3 is 15.0 Å².